The van der Waals surface area contributed by atoms with Crippen LogP contribution in [0.1, 0.15) is 6.92 Å². The van der Waals surface area contributed by atoms with Crippen molar-refractivity contribution in [2.24, 2.45) is 0 Å². The number of allylic oxidation sites excluding steroid dienone is 2. The number of hydrogen-bond donors (Lipinski definition) is 2. The van der Waals surface area contributed by atoms with Crippen LogP contribution in [0, 0.1) is 5.41 Å². The zero-order chi connectivity index (χ0) is 5.86. The molecule has 0 aliphatic rings. The van der Waals surface area contributed by atoms with E-state index in [4.69, 9.17) is 18.4 Å². The maximum absolute atomic E-state index is 8.36. The molecule has 0 aromatic carbocycles. The van der Waals surface area contributed by atoms with E-state index in [1.807, 2.05) is 0 Å². The lowest BCUT2D eigenvalue weighted by Crippen LogP contribution is -1.88. The molecule has 0 spiro atoms. The van der Waals surface area contributed by atoms with Gasteiger partial charge in [-0.25, -0.2) is 0 Å². The molecule has 0 saturated heterocycles. The van der Waals surface area contributed by atoms with Gasteiger partial charge in [0, 0.05) is 0 Å². The van der Waals surface area contributed by atoms with Crippen LogP contribution in [-0.4, -0.2) is 18.6 Å². The molecule has 0 fully saturated rings. The van der Waals surface area contributed by atoms with Gasteiger partial charge < -0.3 is 10.5 Å². The molecule has 0 bridgehead atoms. The summed E-state index contributed by atoms with van der Waals surface area (Å²) in [5.41, 5.74) is -0.125. The molecule has 0 aromatic rings. The summed E-state index contributed by atoms with van der Waals surface area (Å²) in [4.78, 5) is 0. The molecule has 2 radical (unpaired) electrons. The van der Waals surface area contributed by atoms with E-state index < -0.39 is 0 Å². The lowest BCUT2D eigenvalue weighted by molar-refractivity contribution is 0.415. The van der Waals surface area contributed by atoms with Crippen LogP contribution in [0.25, 0.3) is 0 Å². The molecule has 0 heterocycles. The van der Waals surface area contributed by atoms with Gasteiger partial charge >= 0.3 is 0 Å². The highest BCUT2D eigenvalue weighted by atomic mass is 16.3. The Morgan fingerprint density at radius 1 is 1.86 bits per heavy atom. The minimum Gasteiger partial charge on any atom is -0.513 e. The van der Waals surface area contributed by atoms with Gasteiger partial charge in [0.05, 0.1) is 5.76 Å². The van der Waals surface area contributed by atoms with E-state index in [-0.39, 0.29) is 11.4 Å². The standard InChI is InChI=1S/C4H6BNO/c1-3(7)2-4(5)6/h2,6-7H,1H3/b3-2-,6-4?. The topological polar surface area (TPSA) is 44.1 Å². The molecule has 0 aliphatic carbocycles. The lowest BCUT2D eigenvalue weighted by Gasteiger charge is -1.83. The smallest absolute Gasteiger partial charge is 0.140 e. The minimum absolute atomic E-state index is 0.0625. The quantitative estimate of drug-likeness (QED) is 0.279. The Morgan fingerprint density at radius 3 is 2.29 bits per heavy atom. The van der Waals surface area contributed by atoms with E-state index in [1.165, 1.54) is 13.0 Å². The van der Waals surface area contributed by atoms with Crippen molar-refractivity contribution in [3.05, 3.63) is 11.8 Å². The van der Waals surface area contributed by atoms with Crippen molar-refractivity contribution in [3.8, 4) is 0 Å². The van der Waals surface area contributed by atoms with E-state index in [0.29, 0.717) is 0 Å². The third kappa shape index (κ3) is 5.27. The maximum atomic E-state index is 8.36. The Labute approximate surface area is 43.8 Å². The second-order valence-corrected chi connectivity index (χ2v) is 1.24. The summed E-state index contributed by atoms with van der Waals surface area (Å²) in [6.07, 6.45) is 1.17. The summed E-state index contributed by atoms with van der Waals surface area (Å²) in [5, 5.41) is 14.9. The van der Waals surface area contributed by atoms with Gasteiger partial charge in [-0.2, -0.15) is 0 Å². The fourth-order valence-corrected chi connectivity index (χ4v) is 0.225. The van der Waals surface area contributed by atoms with Gasteiger partial charge in [0.15, 0.2) is 0 Å². The van der Waals surface area contributed by atoms with Crippen LogP contribution in [0.2, 0.25) is 0 Å². The third-order valence-corrected chi connectivity index (χ3v) is 0.364. The molecule has 0 atom stereocenters. The van der Waals surface area contributed by atoms with Crippen molar-refractivity contribution in [1.82, 2.24) is 0 Å². The largest absolute Gasteiger partial charge is 0.513 e. The number of aliphatic hydroxyl groups is 1. The predicted octanol–water partition coefficient (Wildman–Crippen LogP) is 0.594. The molecule has 2 N–H and O–H groups in total. The average molecular weight is 94.9 g/mol. The number of hydrogen-bond acceptors (Lipinski definition) is 2. The van der Waals surface area contributed by atoms with E-state index in [1.54, 1.807) is 0 Å². The van der Waals surface area contributed by atoms with Gasteiger partial charge in [0.1, 0.15) is 7.85 Å². The Kier molecular flexibility index (Phi) is 2.19. The molecule has 0 aromatic heterocycles. The van der Waals surface area contributed by atoms with Crippen LogP contribution >= 0.6 is 0 Å². The number of aliphatic hydroxyl groups excluding tert-OH is 1. The first-order valence-electron chi connectivity index (χ1n) is 1.84. The highest BCUT2D eigenvalue weighted by molar-refractivity contribution is 6.62. The van der Waals surface area contributed by atoms with E-state index in [2.05, 4.69) is 0 Å². The first-order chi connectivity index (χ1) is 3.13. The highest BCUT2D eigenvalue weighted by Crippen LogP contribution is 1.80. The van der Waals surface area contributed by atoms with Crippen LogP contribution in [0.5, 0.6) is 0 Å². The van der Waals surface area contributed by atoms with Crippen molar-refractivity contribution in [2.45, 2.75) is 6.92 Å². The van der Waals surface area contributed by atoms with Crippen LogP contribution in [-0.2, 0) is 0 Å². The van der Waals surface area contributed by atoms with Crippen LogP contribution in [0.15, 0.2) is 11.8 Å². The second kappa shape index (κ2) is 2.45. The summed E-state index contributed by atoms with van der Waals surface area (Å²) >= 11 is 0. The summed E-state index contributed by atoms with van der Waals surface area (Å²) in [5.74, 6) is 0.0625. The Balaban J connectivity index is 3.68. The minimum atomic E-state index is -0.125. The van der Waals surface area contributed by atoms with Crippen molar-refractivity contribution >= 4 is 13.5 Å². The fraction of sp³-hybridized carbons (Fsp3) is 0.250. The molecular weight excluding hydrogens is 88.9 g/mol. The SMILES string of the molecule is [B]C(=N)/C=C(/C)O. The Bertz CT molecular complexity index is 104. The highest BCUT2D eigenvalue weighted by Gasteiger charge is 1.78. The van der Waals surface area contributed by atoms with Gasteiger partial charge in [-0.3, -0.25) is 0 Å². The average Bonchev–Trinajstić information content (AvgIpc) is 1.27. The molecule has 0 unspecified atom stereocenters. The first-order valence-corrected chi connectivity index (χ1v) is 1.84. The van der Waals surface area contributed by atoms with E-state index in [0.717, 1.165) is 0 Å². The van der Waals surface area contributed by atoms with Crippen LogP contribution in [0.4, 0.5) is 0 Å². The van der Waals surface area contributed by atoms with Gasteiger partial charge in [-0.05, 0) is 18.6 Å². The van der Waals surface area contributed by atoms with Gasteiger partial charge in [-0.1, -0.05) is 0 Å². The third-order valence-electron chi connectivity index (χ3n) is 0.364. The summed E-state index contributed by atoms with van der Waals surface area (Å²) in [6, 6.07) is 0. The first kappa shape index (κ1) is 6.27. The van der Waals surface area contributed by atoms with E-state index in [9.17, 15) is 0 Å². The summed E-state index contributed by atoms with van der Waals surface area (Å²) < 4.78 is 0. The zero-order valence-corrected chi connectivity index (χ0v) is 4.10. The van der Waals surface area contributed by atoms with Gasteiger partial charge in [0.25, 0.3) is 0 Å². The normalized spacial score (nSPS) is 11.3. The molecule has 7 heavy (non-hydrogen) atoms. The second-order valence-electron chi connectivity index (χ2n) is 1.24. The molecule has 0 rings (SSSR count). The number of rotatable bonds is 1. The van der Waals surface area contributed by atoms with Crippen LogP contribution in [0.3, 0.4) is 0 Å². The maximum Gasteiger partial charge on any atom is 0.140 e. The molecule has 0 saturated carbocycles. The van der Waals surface area contributed by atoms with Crippen molar-refractivity contribution in [1.29, 1.82) is 5.41 Å². The Morgan fingerprint density at radius 2 is 2.29 bits per heavy atom. The zero-order valence-electron chi connectivity index (χ0n) is 4.10. The number of nitrogens with one attached hydrogen (secondary N) is 1. The van der Waals surface area contributed by atoms with E-state index >= 15 is 0 Å². The van der Waals surface area contributed by atoms with Crippen molar-refractivity contribution in [3.63, 3.8) is 0 Å². The molecule has 2 nitrogen and oxygen atoms in total. The molecule has 0 aliphatic heterocycles. The van der Waals surface area contributed by atoms with Crippen molar-refractivity contribution in [2.75, 3.05) is 0 Å². The predicted molar refractivity (Wildman–Crippen MR) is 29.9 cm³/mol. The monoisotopic (exact) mass is 95.1 g/mol. The fourth-order valence-electron chi connectivity index (χ4n) is 0.225. The summed E-state index contributed by atoms with van der Waals surface area (Å²) in [6.45, 7) is 1.46. The summed E-state index contributed by atoms with van der Waals surface area (Å²) in [7, 11) is 4.84. The van der Waals surface area contributed by atoms with Gasteiger partial charge in [-0.15, -0.1) is 0 Å². The molecule has 0 amide bonds. The molecule has 36 valence electrons. The van der Waals surface area contributed by atoms with Crippen LogP contribution < -0.4 is 0 Å². The lowest BCUT2D eigenvalue weighted by atomic mass is 10.0. The van der Waals surface area contributed by atoms with Crippen molar-refractivity contribution < 1.29 is 5.11 Å². The van der Waals surface area contributed by atoms with Gasteiger partial charge in [0.2, 0.25) is 0 Å². The Hall–Kier alpha value is -0.725. The molecule has 3 heteroatoms. The molecular formula is C4H6BNO.